The Morgan fingerprint density at radius 1 is 1.00 bits per heavy atom. The predicted octanol–water partition coefficient (Wildman–Crippen LogP) is 2.81. The van der Waals surface area contributed by atoms with Crippen LogP contribution in [0.2, 0.25) is 0 Å². The maximum absolute atomic E-state index is 12.5. The molecule has 1 N–H and O–H groups in total. The summed E-state index contributed by atoms with van der Waals surface area (Å²) in [6.45, 7) is 1.05. The average molecular weight is 281 g/mol. The molecule has 0 bridgehead atoms. The molecule has 0 saturated carbocycles. The molecular weight excluding hydrogens is 262 g/mol. The van der Waals surface area contributed by atoms with Crippen molar-refractivity contribution < 1.29 is 9.90 Å². The van der Waals surface area contributed by atoms with Gasteiger partial charge in [0, 0.05) is 12.1 Å². The Bertz CT molecular complexity index is 612. The van der Waals surface area contributed by atoms with Crippen LogP contribution in [0.15, 0.2) is 60.7 Å². The van der Waals surface area contributed by atoms with Crippen molar-refractivity contribution in [2.45, 2.75) is 18.4 Å². The van der Waals surface area contributed by atoms with Crippen LogP contribution in [-0.2, 0) is 5.60 Å². The van der Waals surface area contributed by atoms with E-state index in [0.717, 1.165) is 12.0 Å². The van der Waals surface area contributed by atoms with Crippen LogP contribution in [0.25, 0.3) is 0 Å². The summed E-state index contributed by atoms with van der Waals surface area (Å²) in [5.41, 5.74) is 0.620. The van der Waals surface area contributed by atoms with Crippen molar-refractivity contribution in [2.75, 3.05) is 13.1 Å². The Morgan fingerprint density at radius 2 is 1.62 bits per heavy atom. The standard InChI is InChI=1S/C18H19NO2/c20-17(15-8-3-1-4-9-15)19-13-7-12-18(21,14-19)16-10-5-2-6-11-16/h1-6,8-11,21H,7,12-14H2. The molecule has 0 radical (unpaired) electrons. The molecular formula is C18H19NO2. The molecule has 1 fully saturated rings. The smallest absolute Gasteiger partial charge is 0.253 e. The topological polar surface area (TPSA) is 40.5 Å². The fourth-order valence-corrected chi connectivity index (χ4v) is 2.96. The molecule has 3 heteroatoms. The van der Waals surface area contributed by atoms with Gasteiger partial charge >= 0.3 is 0 Å². The molecule has 3 rings (SSSR count). The quantitative estimate of drug-likeness (QED) is 0.919. The highest BCUT2D eigenvalue weighted by Crippen LogP contribution is 2.31. The van der Waals surface area contributed by atoms with E-state index >= 15 is 0 Å². The molecule has 1 amide bonds. The largest absolute Gasteiger partial charge is 0.383 e. The van der Waals surface area contributed by atoms with Gasteiger partial charge in [0.2, 0.25) is 0 Å². The lowest BCUT2D eigenvalue weighted by atomic mass is 9.85. The molecule has 1 aliphatic heterocycles. The van der Waals surface area contributed by atoms with Crippen molar-refractivity contribution in [1.29, 1.82) is 0 Å². The lowest BCUT2D eigenvalue weighted by Gasteiger charge is -2.39. The molecule has 0 aromatic heterocycles. The van der Waals surface area contributed by atoms with Gasteiger partial charge in [0.25, 0.3) is 5.91 Å². The van der Waals surface area contributed by atoms with E-state index < -0.39 is 5.60 Å². The van der Waals surface area contributed by atoms with Crippen molar-refractivity contribution in [2.24, 2.45) is 0 Å². The molecule has 2 aromatic carbocycles. The molecule has 1 unspecified atom stereocenters. The zero-order valence-corrected chi connectivity index (χ0v) is 11.9. The van der Waals surface area contributed by atoms with Gasteiger partial charge in [0.05, 0.1) is 6.54 Å². The minimum atomic E-state index is -0.941. The summed E-state index contributed by atoms with van der Waals surface area (Å²) in [7, 11) is 0. The Balaban J connectivity index is 1.82. The highest BCUT2D eigenvalue weighted by molar-refractivity contribution is 5.94. The SMILES string of the molecule is O=C(c1ccccc1)N1CCCC(O)(c2ccccc2)C1. The van der Waals surface area contributed by atoms with Crippen LogP contribution in [0.1, 0.15) is 28.8 Å². The van der Waals surface area contributed by atoms with Crippen LogP contribution in [0.3, 0.4) is 0 Å². The molecule has 2 aromatic rings. The first-order valence-electron chi connectivity index (χ1n) is 7.31. The summed E-state index contributed by atoms with van der Waals surface area (Å²) in [4.78, 5) is 14.3. The number of carbonyl (C=O) groups is 1. The van der Waals surface area contributed by atoms with E-state index in [-0.39, 0.29) is 5.91 Å². The molecule has 108 valence electrons. The number of aliphatic hydroxyl groups is 1. The Hall–Kier alpha value is -2.13. The Labute approximate surface area is 124 Å². The number of hydrogen-bond acceptors (Lipinski definition) is 2. The van der Waals surface area contributed by atoms with Gasteiger partial charge in [-0.05, 0) is 30.5 Å². The van der Waals surface area contributed by atoms with E-state index in [1.165, 1.54) is 0 Å². The maximum Gasteiger partial charge on any atom is 0.253 e. The third-order valence-electron chi connectivity index (χ3n) is 4.09. The first-order valence-corrected chi connectivity index (χ1v) is 7.31. The summed E-state index contributed by atoms with van der Waals surface area (Å²) in [6, 6.07) is 18.9. The second-order valence-corrected chi connectivity index (χ2v) is 5.59. The van der Waals surface area contributed by atoms with Gasteiger partial charge < -0.3 is 10.0 Å². The zero-order chi connectivity index (χ0) is 14.7. The number of benzene rings is 2. The van der Waals surface area contributed by atoms with E-state index in [1.54, 1.807) is 4.90 Å². The number of β-amino-alcohol motifs (C(OH)–C–C–N with tert-alkyl or cyclic N) is 1. The van der Waals surface area contributed by atoms with Crippen LogP contribution in [0.4, 0.5) is 0 Å². The zero-order valence-electron chi connectivity index (χ0n) is 11.9. The minimum Gasteiger partial charge on any atom is -0.383 e. The van der Waals surface area contributed by atoms with E-state index in [1.807, 2.05) is 60.7 Å². The Morgan fingerprint density at radius 3 is 2.29 bits per heavy atom. The van der Waals surface area contributed by atoms with Crippen LogP contribution in [0, 0.1) is 0 Å². The predicted molar refractivity (Wildman–Crippen MR) is 81.9 cm³/mol. The van der Waals surface area contributed by atoms with Gasteiger partial charge in [-0.1, -0.05) is 48.5 Å². The summed E-state index contributed by atoms with van der Waals surface area (Å²) < 4.78 is 0. The van der Waals surface area contributed by atoms with Crippen LogP contribution >= 0.6 is 0 Å². The lowest BCUT2D eigenvalue weighted by Crippen LogP contribution is -2.48. The number of nitrogens with zero attached hydrogens (tertiary/aromatic N) is 1. The average Bonchev–Trinajstić information content (AvgIpc) is 2.56. The molecule has 3 nitrogen and oxygen atoms in total. The van der Waals surface area contributed by atoms with Gasteiger partial charge in [0.15, 0.2) is 0 Å². The van der Waals surface area contributed by atoms with Gasteiger partial charge in [-0.2, -0.15) is 0 Å². The first-order chi connectivity index (χ1) is 10.2. The summed E-state index contributed by atoms with van der Waals surface area (Å²) in [5.74, 6) is -0.00958. The number of likely N-dealkylation sites (tertiary alicyclic amines) is 1. The molecule has 21 heavy (non-hydrogen) atoms. The van der Waals surface area contributed by atoms with Crippen LogP contribution in [0.5, 0.6) is 0 Å². The number of carbonyl (C=O) groups excluding carboxylic acids is 1. The van der Waals surface area contributed by atoms with E-state index in [9.17, 15) is 9.90 Å². The van der Waals surface area contributed by atoms with Gasteiger partial charge in [-0.3, -0.25) is 4.79 Å². The fourth-order valence-electron chi connectivity index (χ4n) is 2.96. The number of amides is 1. The molecule has 1 aliphatic rings. The first kappa shape index (κ1) is 13.8. The van der Waals surface area contributed by atoms with Crippen LogP contribution in [-0.4, -0.2) is 29.0 Å². The molecule has 1 saturated heterocycles. The third kappa shape index (κ3) is 2.83. The van der Waals surface area contributed by atoms with Crippen molar-refractivity contribution in [3.8, 4) is 0 Å². The van der Waals surface area contributed by atoms with Crippen LogP contribution < -0.4 is 0 Å². The van der Waals surface area contributed by atoms with Gasteiger partial charge in [0.1, 0.15) is 5.60 Å². The van der Waals surface area contributed by atoms with E-state index in [2.05, 4.69) is 0 Å². The number of rotatable bonds is 2. The molecule has 1 atom stereocenters. The minimum absolute atomic E-state index is 0.00958. The van der Waals surface area contributed by atoms with Gasteiger partial charge in [-0.15, -0.1) is 0 Å². The normalized spacial score (nSPS) is 22.0. The monoisotopic (exact) mass is 281 g/mol. The molecule has 0 spiro atoms. The van der Waals surface area contributed by atoms with Crippen molar-refractivity contribution >= 4 is 5.91 Å². The lowest BCUT2D eigenvalue weighted by molar-refractivity contribution is -0.0289. The summed E-state index contributed by atoms with van der Waals surface area (Å²) >= 11 is 0. The van der Waals surface area contributed by atoms with Crippen molar-refractivity contribution in [3.63, 3.8) is 0 Å². The summed E-state index contributed by atoms with van der Waals surface area (Å²) in [6.07, 6.45) is 1.50. The Kier molecular flexibility index (Phi) is 3.76. The van der Waals surface area contributed by atoms with E-state index in [0.29, 0.717) is 25.1 Å². The second kappa shape index (κ2) is 5.70. The third-order valence-corrected chi connectivity index (χ3v) is 4.09. The fraction of sp³-hybridized carbons (Fsp3) is 0.278. The van der Waals surface area contributed by atoms with E-state index in [4.69, 9.17) is 0 Å². The number of hydrogen-bond donors (Lipinski definition) is 1. The highest BCUT2D eigenvalue weighted by Gasteiger charge is 2.36. The number of piperidine rings is 1. The second-order valence-electron chi connectivity index (χ2n) is 5.59. The maximum atomic E-state index is 12.5. The van der Waals surface area contributed by atoms with Crippen molar-refractivity contribution in [3.05, 3.63) is 71.8 Å². The molecule has 0 aliphatic carbocycles. The van der Waals surface area contributed by atoms with Gasteiger partial charge in [-0.25, -0.2) is 0 Å². The molecule has 1 heterocycles. The highest BCUT2D eigenvalue weighted by atomic mass is 16.3. The summed E-state index contributed by atoms with van der Waals surface area (Å²) in [5, 5.41) is 10.9. The van der Waals surface area contributed by atoms with Crippen molar-refractivity contribution in [1.82, 2.24) is 4.90 Å².